The van der Waals surface area contributed by atoms with Crippen molar-refractivity contribution in [1.82, 2.24) is 20.5 Å². The number of oxime groups is 1. The van der Waals surface area contributed by atoms with Crippen LogP contribution < -0.4 is 16.4 Å². The molecular weight excluding hydrogens is 688 g/mol. The number of carboxylic acid groups (broad SMARTS) is 2. The van der Waals surface area contributed by atoms with Crippen molar-refractivity contribution in [2.45, 2.75) is 37.3 Å². The fourth-order valence-electron chi connectivity index (χ4n) is 4.03. The van der Waals surface area contributed by atoms with Gasteiger partial charge in [-0.15, -0.1) is 23.1 Å². The van der Waals surface area contributed by atoms with E-state index < -0.39 is 63.9 Å². The van der Waals surface area contributed by atoms with Crippen molar-refractivity contribution in [2.75, 3.05) is 18.0 Å². The van der Waals surface area contributed by atoms with E-state index in [4.69, 9.17) is 10.6 Å². The van der Waals surface area contributed by atoms with Crippen LogP contribution in [0.2, 0.25) is 0 Å². The van der Waals surface area contributed by atoms with Gasteiger partial charge in [0.15, 0.2) is 22.3 Å². The first-order chi connectivity index (χ1) is 20.6. The highest BCUT2D eigenvalue weighted by Gasteiger charge is 2.54. The second-order valence-electron chi connectivity index (χ2n) is 9.87. The number of anilines is 1. The lowest BCUT2D eigenvalue weighted by molar-refractivity contribution is -0.161. The largest absolute Gasteiger partial charge is 0.504 e. The van der Waals surface area contributed by atoms with Crippen LogP contribution in [0.4, 0.5) is 5.13 Å². The monoisotopic (exact) mass is 712 g/mol. The summed E-state index contributed by atoms with van der Waals surface area (Å²) >= 11 is 5.22. The summed E-state index contributed by atoms with van der Waals surface area (Å²) in [5.74, 6) is -5.68. The molecule has 1 saturated heterocycles. The van der Waals surface area contributed by atoms with Gasteiger partial charge in [-0.05, 0) is 53.9 Å². The number of nitrogens with two attached hydrogens (primary N) is 1. The Hall–Kier alpha value is -4.36. The number of thioether (sulfide) groups is 1. The number of nitrogens with zero attached hydrogens (tertiary/aromatic N) is 3. The predicted molar refractivity (Wildman–Crippen MR) is 160 cm³/mol. The van der Waals surface area contributed by atoms with Gasteiger partial charge in [0.1, 0.15) is 22.8 Å². The van der Waals surface area contributed by atoms with E-state index in [0.29, 0.717) is 5.57 Å². The number of carbonyl (C=O) groups excluding carboxylic acids is 3. The Morgan fingerprint density at radius 3 is 2.55 bits per heavy atom. The maximum absolute atomic E-state index is 13.2. The highest BCUT2D eigenvalue weighted by atomic mass is 79.9. The summed E-state index contributed by atoms with van der Waals surface area (Å²) in [5.41, 5.74) is 3.58. The number of phenolic OH excluding ortho intramolecular Hbond substituents is 2. The van der Waals surface area contributed by atoms with Gasteiger partial charge in [0.05, 0.1) is 4.47 Å². The molecule has 1 unspecified atom stereocenters. The average Bonchev–Trinajstić information content (AvgIpc) is 3.39. The zero-order valence-electron chi connectivity index (χ0n) is 22.9. The zero-order chi connectivity index (χ0) is 32.5. The van der Waals surface area contributed by atoms with Gasteiger partial charge < -0.3 is 41.6 Å². The van der Waals surface area contributed by atoms with Gasteiger partial charge in [0.2, 0.25) is 5.60 Å². The summed E-state index contributed by atoms with van der Waals surface area (Å²) in [7, 11) is 0. The molecule has 0 aliphatic carbocycles. The van der Waals surface area contributed by atoms with E-state index >= 15 is 0 Å². The Balaban J connectivity index is 1.46. The number of aliphatic carboxylic acids is 2. The molecule has 3 amide bonds. The normalized spacial score (nSPS) is 18.3. The first-order valence-corrected chi connectivity index (χ1v) is 15.3. The third-order valence-corrected chi connectivity index (χ3v) is 9.03. The van der Waals surface area contributed by atoms with Crippen LogP contribution in [0.25, 0.3) is 0 Å². The van der Waals surface area contributed by atoms with Gasteiger partial charge in [-0.2, -0.15) is 0 Å². The number of hydrogen-bond donors (Lipinski definition) is 7. The summed E-state index contributed by atoms with van der Waals surface area (Å²) in [6.07, 6.45) is 0.0812. The molecule has 2 aliphatic heterocycles. The highest BCUT2D eigenvalue weighted by Crippen LogP contribution is 2.41. The maximum Gasteiger partial charge on any atom is 0.352 e. The minimum Gasteiger partial charge on any atom is -0.504 e. The number of amides is 3. The summed E-state index contributed by atoms with van der Waals surface area (Å²) in [6, 6.07) is 1.24. The van der Waals surface area contributed by atoms with Gasteiger partial charge in [0, 0.05) is 23.2 Å². The molecule has 4 rings (SSSR count). The second kappa shape index (κ2) is 12.7. The van der Waals surface area contributed by atoms with Gasteiger partial charge in [0.25, 0.3) is 17.7 Å². The number of rotatable bonds is 11. The standard InChI is InChI=1S/C25H25BrN6O10S2/c1-25(2,23(40)41)42-31-14(12-8-44-24(27)29-12)19(36)30-15-20(37)32-16(22(38)39)9(7-43-21(15)32)3-4-28-18(35)10-5-11(26)17(34)13(33)6-10/h5-6,8,15,21,33-34H,3-4,7H2,1-2H3,(H2,27,29)(H,28,35)(H,30,36)(H,38,39)(H,40,41)/b31-14-/t15-,21?/m1/s1. The number of aromatic hydroxyl groups is 2. The summed E-state index contributed by atoms with van der Waals surface area (Å²) in [5, 5.41) is 48.1. The Morgan fingerprint density at radius 1 is 1.25 bits per heavy atom. The molecule has 1 fully saturated rings. The van der Waals surface area contributed by atoms with Crippen LogP contribution in [-0.4, -0.2) is 95.0 Å². The summed E-state index contributed by atoms with van der Waals surface area (Å²) in [4.78, 5) is 72.5. The Bertz CT molecular complexity index is 1600. The third kappa shape index (κ3) is 6.58. The van der Waals surface area contributed by atoms with Crippen molar-refractivity contribution in [3.8, 4) is 11.5 Å². The summed E-state index contributed by atoms with van der Waals surface area (Å²) < 4.78 is 0.108. The first kappa shape index (κ1) is 32.6. The number of carboxylic acids is 2. The van der Waals surface area contributed by atoms with Crippen molar-refractivity contribution in [3.05, 3.63) is 44.5 Å². The number of nitrogens with one attached hydrogen (secondary N) is 2. The number of phenols is 2. The quantitative estimate of drug-likeness (QED) is 0.0745. The lowest BCUT2D eigenvalue weighted by atomic mass is 10.0. The molecule has 2 atom stereocenters. The molecule has 2 aromatic rings. The summed E-state index contributed by atoms with van der Waals surface area (Å²) in [6.45, 7) is 2.44. The van der Waals surface area contributed by atoms with Crippen LogP contribution in [0.1, 0.15) is 36.3 Å². The molecule has 1 aromatic carbocycles. The van der Waals surface area contributed by atoms with Crippen LogP contribution >= 0.6 is 39.0 Å². The van der Waals surface area contributed by atoms with E-state index in [1.807, 2.05) is 0 Å². The minimum atomic E-state index is -1.80. The molecule has 1 aromatic heterocycles. The lowest BCUT2D eigenvalue weighted by Crippen LogP contribution is -2.71. The maximum atomic E-state index is 13.2. The molecule has 16 nitrogen and oxygen atoms in total. The number of β-lactam (4-membered cyclic amide) rings is 1. The molecule has 234 valence electrons. The predicted octanol–water partition coefficient (Wildman–Crippen LogP) is 1.04. The fraction of sp³-hybridized carbons (Fsp3) is 0.320. The van der Waals surface area contributed by atoms with Crippen molar-refractivity contribution < 1.29 is 49.2 Å². The number of fused-ring (bicyclic) bond motifs is 1. The molecule has 3 heterocycles. The minimum absolute atomic E-state index is 0.000906. The van der Waals surface area contributed by atoms with E-state index in [0.717, 1.165) is 22.3 Å². The second-order valence-corrected chi connectivity index (χ2v) is 12.7. The molecule has 2 aliphatic rings. The average molecular weight is 714 g/mol. The van der Waals surface area contributed by atoms with Crippen molar-refractivity contribution >= 4 is 79.5 Å². The lowest BCUT2D eigenvalue weighted by Gasteiger charge is -2.49. The van der Waals surface area contributed by atoms with Crippen LogP contribution in [0.15, 0.2) is 38.4 Å². The third-order valence-electron chi connectivity index (χ3n) is 6.41. The number of carbonyl (C=O) groups is 5. The molecule has 0 radical (unpaired) electrons. The Labute approximate surface area is 265 Å². The van der Waals surface area contributed by atoms with Crippen molar-refractivity contribution in [3.63, 3.8) is 0 Å². The number of nitrogen functional groups attached to an aromatic ring is 1. The van der Waals surface area contributed by atoms with Crippen LogP contribution in [0.3, 0.4) is 0 Å². The molecule has 19 heteroatoms. The fourth-order valence-corrected chi connectivity index (χ4v) is 6.41. The van der Waals surface area contributed by atoms with Crippen LogP contribution in [0, 0.1) is 0 Å². The first-order valence-electron chi connectivity index (χ1n) is 12.5. The van der Waals surface area contributed by atoms with E-state index in [-0.39, 0.29) is 45.3 Å². The molecule has 0 bridgehead atoms. The molecule has 8 N–H and O–H groups in total. The Morgan fingerprint density at radius 2 is 1.95 bits per heavy atom. The molecule has 0 saturated carbocycles. The SMILES string of the molecule is CC(C)(O/N=C(\C(=O)N[C@@H]1C(=O)N2C(C(=O)O)=C(CCNC(=O)c3cc(O)c(O)c(Br)c3)CSC12)c1csc(N)n1)C(=O)O. The van der Waals surface area contributed by atoms with Gasteiger partial charge in [-0.3, -0.25) is 19.3 Å². The van der Waals surface area contributed by atoms with E-state index in [1.165, 1.54) is 37.1 Å². The number of benzene rings is 1. The van der Waals surface area contributed by atoms with Gasteiger partial charge >= 0.3 is 11.9 Å². The van der Waals surface area contributed by atoms with E-state index in [2.05, 4.69) is 36.7 Å². The number of halogens is 1. The smallest absolute Gasteiger partial charge is 0.352 e. The highest BCUT2D eigenvalue weighted by molar-refractivity contribution is 9.10. The van der Waals surface area contributed by atoms with Crippen LogP contribution in [-0.2, 0) is 24.0 Å². The molecule has 0 spiro atoms. The number of thiazole rings is 1. The van der Waals surface area contributed by atoms with Crippen molar-refractivity contribution in [1.29, 1.82) is 0 Å². The number of hydrogen-bond acceptors (Lipinski definition) is 13. The Kier molecular flexibility index (Phi) is 9.40. The molecular formula is C25H25BrN6O10S2. The molecule has 44 heavy (non-hydrogen) atoms. The van der Waals surface area contributed by atoms with Gasteiger partial charge in [-0.25, -0.2) is 14.6 Å². The van der Waals surface area contributed by atoms with Gasteiger partial charge in [-0.1, -0.05) is 5.16 Å². The zero-order valence-corrected chi connectivity index (χ0v) is 26.1. The number of aromatic nitrogens is 1. The van der Waals surface area contributed by atoms with Crippen molar-refractivity contribution in [2.24, 2.45) is 5.16 Å². The van der Waals surface area contributed by atoms with Crippen LogP contribution in [0.5, 0.6) is 11.5 Å². The van der Waals surface area contributed by atoms with E-state index in [9.17, 15) is 44.4 Å². The van der Waals surface area contributed by atoms with E-state index in [1.54, 1.807) is 0 Å². The topological polar surface area (TPSA) is 254 Å².